The van der Waals surface area contributed by atoms with E-state index in [-0.39, 0.29) is 24.4 Å². The molecule has 2 aliphatic rings. The van der Waals surface area contributed by atoms with Gasteiger partial charge in [-0.15, -0.1) is 0 Å². The van der Waals surface area contributed by atoms with Gasteiger partial charge in [-0.05, 0) is 69.6 Å². The van der Waals surface area contributed by atoms with E-state index in [9.17, 15) is 9.59 Å². The molecule has 1 aromatic rings. The van der Waals surface area contributed by atoms with E-state index in [0.717, 1.165) is 25.1 Å². The van der Waals surface area contributed by atoms with E-state index in [4.69, 9.17) is 23.2 Å². The molecule has 1 atom stereocenters. The van der Waals surface area contributed by atoms with Crippen molar-refractivity contribution >= 4 is 41.1 Å². The summed E-state index contributed by atoms with van der Waals surface area (Å²) in [5.41, 5.74) is 0.795. The van der Waals surface area contributed by atoms with Crippen LogP contribution < -0.4 is 0 Å². The summed E-state index contributed by atoms with van der Waals surface area (Å²) < 4.78 is 0. The number of amides is 2. The van der Waals surface area contributed by atoms with Gasteiger partial charge in [0.2, 0.25) is 11.8 Å². The molecule has 5 nitrogen and oxygen atoms in total. The molecule has 2 fully saturated rings. The van der Waals surface area contributed by atoms with Crippen molar-refractivity contribution in [1.29, 1.82) is 0 Å². The molecule has 0 unspecified atom stereocenters. The Morgan fingerprint density at radius 3 is 2.59 bits per heavy atom. The summed E-state index contributed by atoms with van der Waals surface area (Å²) in [5.74, 6) is -0.136. The zero-order valence-corrected chi connectivity index (χ0v) is 18.5. The highest BCUT2D eigenvalue weighted by Crippen LogP contribution is 2.23. The first-order valence-corrected chi connectivity index (χ1v) is 11.1. The van der Waals surface area contributed by atoms with Gasteiger partial charge in [0.25, 0.3) is 0 Å². The van der Waals surface area contributed by atoms with E-state index in [1.165, 1.54) is 38.4 Å². The number of piperidine rings is 1. The van der Waals surface area contributed by atoms with E-state index >= 15 is 0 Å². The maximum Gasteiger partial charge on any atom is 0.247 e. The van der Waals surface area contributed by atoms with Crippen LogP contribution in [0.2, 0.25) is 10.0 Å². The molecule has 7 heteroatoms. The zero-order valence-electron chi connectivity index (χ0n) is 16.9. The summed E-state index contributed by atoms with van der Waals surface area (Å²) in [6.45, 7) is 6.87. The minimum Gasteiger partial charge on any atom is -0.337 e. The fourth-order valence-corrected chi connectivity index (χ4v) is 4.34. The number of nitrogens with zero attached hydrogens (tertiary/aromatic N) is 3. The second-order valence-corrected chi connectivity index (χ2v) is 8.73. The molecule has 3 rings (SSSR count). The molecule has 0 spiro atoms. The Hall–Kier alpha value is -1.56. The summed E-state index contributed by atoms with van der Waals surface area (Å²) in [6.07, 6.45) is 8.08. The van der Waals surface area contributed by atoms with Crippen molar-refractivity contribution in [2.24, 2.45) is 0 Å². The van der Waals surface area contributed by atoms with Gasteiger partial charge in [0.15, 0.2) is 0 Å². The molecule has 0 saturated carbocycles. The molecule has 2 saturated heterocycles. The van der Waals surface area contributed by atoms with Gasteiger partial charge >= 0.3 is 0 Å². The largest absolute Gasteiger partial charge is 0.337 e. The van der Waals surface area contributed by atoms with Crippen LogP contribution in [0.15, 0.2) is 24.3 Å². The van der Waals surface area contributed by atoms with Gasteiger partial charge in [0.05, 0.1) is 10.0 Å². The Labute approximate surface area is 183 Å². The lowest BCUT2D eigenvalue weighted by atomic mass is 10.1. The van der Waals surface area contributed by atoms with Crippen LogP contribution >= 0.6 is 23.2 Å². The van der Waals surface area contributed by atoms with Gasteiger partial charge in [0, 0.05) is 25.2 Å². The van der Waals surface area contributed by atoms with E-state index in [1.807, 2.05) is 11.8 Å². The number of likely N-dealkylation sites (tertiary alicyclic amines) is 1. The van der Waals surface area contributed by atoms with Gasteiger partial charge in [-0.25, -0.2) is 0 Å². The summed E-state index contributed by atoms with van der Waals surface area (Å²) in [7, 11) is 0. The summed E-state index contributed by atoms with van der Waals surface area (Å²) in [6, 6.07) is 5.23. The van der Waals surface area contributed by atoms with Crippen LogP contribution in [0.4, 0.5) is 0 Å². The first-order chi connectivity index (χ1) is 13.9. The molecule has 0 aliphatic carbocycles. The molecule has 2 heterocycles. The molecule has 0 N–H and O–H groups in total. The Kier molecular flexibility index (Phi) is 7.99. The Morgan fingerprint density at radius 2 is 1.90 bits per heavy atom. The van der Waals surface area contributed by atoms with Gasteiger partial charge in [-0.2, -0.15) is 0 Å². The molecule has 0 radical (unpaired) electrons. The fourth-order valence-electron chi connectivity index (χ4n) is 4.03. The van der Waals surface area contributed by atoms with Gasteiger partial charge in [-0.1, -0.05) is 35.7 Å². The molecule has 0 bridgehead atoms. The van der Waals surface area contributed by atoms with Crippen molar-refractivity contribution in [3.8, 4) is 0 Å². The smallest absolute Gasteiger partial charge is 0.247 e. The lowest BCUT2D eigenvalue weighted by Crippen LogP contribution is -2.56. The van der Waals surface area contributed by atoms with Crippen LogP contribution in [0.3, 0.4) is 0 Å². The van der Waals surface area contributed by atoms with Crippen molar-refractivity contribution in [3.05, 3.63) is 39.9 Å². The average Bonchev–Trinajstić information content (AvgIpc) is 2.71. The standard InChI is InChI=1S/C22H29Cl2N3O2/c1-17-15-26(21(28)9-7-18-6-8-19(23)20(24)14-18)16-22(29)27(17)13-5-12-25-10-3-2-4-11-25/h6-9,14,17H,2-5,10-13,15-16H2,1H3/t17-/m0/s1. The lowest BCUT2D eigenvalue weighted by molar-refractivity contribution is -0.146. The minimum absolute atomic E-state index is 0.0266. The van der Waals surface area contributed by atoms with Crippen LogP contribution in [0.1, 0.15) is 38.2 Å². The van der Waals surface area contributed by atoms with Crippen LogP contribution in [-0.4, -0.2) is 71.8 Å². The van der Waals surface area contributed by atoms with Gasteiger partial charge in [-0.3, -0.25) is 9.59 Å². The minimum atomic E-state index is -0.163. The number of halogens is 2. The predicted molar refractivity (Wildman–Crippen MR) is 118 cm³/mol. The van der Waals surface area contributed by atoms with Gasteiger partial charge in [0.1, 0.15) is 6.54 Å². The Bertz CT molecular complexity index is 762. The highest BCUT2D eigenvalue weighted by Gasteiger charge is 2.31. The maximum atomic E-state index is 12.6. The zero-order chi connectivity index (χ0) is 20.8. The Balaban J connectivity index is 1.49. The molecular formula is C22H29Cl2N3O2. The molecule has 2 amide bonds. The van der Waals surface area contributed by atoms with E-state index in [0.29, 0.717) is 16.6 Å². The van der Waals surface area contributed by atoms with E-state index in [2.05, 4.69) is 4.90 Å². The Morgan fingerprint density at radius 1 is 1.14 bits per heavy atom. The molecule has 1 aromatic carbocycles. The number of hydrogen-bond acceptors (Lipinski definition) is 3. The van der Waals surface area contributed by atoms with Crippen LogP contribution in [0, 0.1) is 0 Å². The number of benzene rings is 1. The van der Waals surface area contributed by atoms with Crippen molar-refractivity contribution in [3.63, 3.8) is 0 Å². The van der Waals surface area contributed by atoms with Crippen LogP contribution in [-0.2, 0) is 9.59 Å². The van der Waals surface area contributed by atoms with Crippen molar-refractivity contribution < 1.29 is 9.59 Å². The average molecular weight is 438 g/mol. The van der Waals surface area contributed by atoms with Crippen molar-refractivity contribution in [1.82, 2.24) is 14.7 Å². The first kappa shape index (κ1) is 22.1. The quantitative estimate of drug-likeness (QED) is 0.632. The third kappa shape index (κ3) is 6.21. The van der Waals surface area contributed by atoms with Crippen LogP contribution in [0.5, 0.6) is 0 Å². The number of carbonyl (C=O) groups is 2. The third-order valence-corrected chi connectivity index (χ3v) is 6.40. The van der Waals surface area contributed by atoms with E-state index in [1.54, 1.807) is 29.2 Å². The summed E-state index contributed by atoms with van der Waals surface area (Å²) in [4.78, 5) is 31.2. The molecule has 2 aliphatic heterocycles. The SMILES string of the molecule is C[C@H]1CN(C(=O)C=Cc2ccc(Cl)c(Cl)c2)CC(=O)N1CCCN1CCCCC1. The number of piperazine rings is 1. The summed E-state index contributed by atoms with van der Waals surface area (Å²) in [5, 5.41) is 0.925. The topological polar surface area (TPSA) is 43.9 Å². The number of carbonyl (C=O) groups excluding carboxylic acids is 2. The number of rotatable bonds is 6. The van der Waals surface area contributed by atoms with Crippen molar-refractivity contribution in [2.45, 2.75) is 38.6 Å². The summed E-state index contributed by atoms with van der Waals surface area (Å²) >= 11 is 11.9. The molecular weight excluding hydrogens is 409 g/mol. The van der Waals surface area contributed by atoms with Gasteiger partial charge < -0.3 is 14.7 Å². The fraction of sp³-hybridized carbons (Fsp3) is 0.545. The number of hydrogen-bond donors (Lipinski definition) is 0. The molecule has 0 aromatic heterocycles. The lowest BCUT2D eigenvalue weighted by Gasteiger charge is -2.39. The van der Waals surface area contributed by atoms with Crippen molar-refractivity contribution in [2.75, 3.05) is 39.3 Å². The molecule has 158 valence electrons. The third-order valence-electron chi connectivity index (χ3n) is 5.66. The molecule has 29 heavy (non-hydrogen) atoms. The second-order valence-electron chi connectivity index (χ2n) is 7.92. The monoisotopic (exact) mass is 437 g/mol. The normalized spacial score (nSPS) is 21.2. The van der Waals surface area contributed by atoms with Crippen LogP contribution in [0.25, 0.3) is 6.08 Å². The van der Waals surface area contributed by atoms with E-state index < -0.39 is 0 Å². The second kappa shape index (κ2) is 10.5. The first-order valence-electron chi connectivity index (χ1n) is 10.4. The highest BCUT2D eigenvalue weighted by atomic mass is 35.5. The predicted octanol–water partition coefficient (Wildman–Crippen LogP) is 3.94. The highest BCUT2D eigenvalue weighted by molar-refractivity contribution is 6.42. The maximum absolute atomic E-state index is 12.6.